The molecule has 2 aliphatic heterocycles. The average Bonchev–Trinajstić information content (AvgIpc) is 2.97. The molecular weight excluding hydrogens is 332 g/mol. The highest BCUT2D eigenvalue weighted by atomic mass is 16.2. The highest BCUT2D eigenvalue weighted by molar-refractivity contribution is 6.09. The summed E-state index contributed by atoms with van der Waals surface area (Å²) >= 11 is 0. The zero-order valence-corrected chi connectivity index (χ0v) is 14.3. The summed E-state index contributed by atoms with van der Waals surface area (Å²) in [5.41, 5.74) is 0. The number of imide groups is 2. The summed E-state index contributed by atoms with van der Waals surface area (Å²) in [5.74, 6) is -2.35. The molecule has 134 valence electrons. The van der Waals surface area contributed by atoms with Gasteiger partial charge in [-0.15, -0.1) is 13.2 Å². The number of rotatable bonds is 4. The van der Waals surface area contributed by atoms with Crippen LogP contribution in [0.25, 0.3) is 0 Å². The Hall–Kier alpha value is -2.50. The Labute approximate surface area is 151 Å². The normalized spacial score (nSPS) is 44.8. The molecule has 6 rings (SSSR count). The number of fused-ring (bicyclic) bond motifs is 1. The maximum atomic E-state index is 12.9. The fourth-order valence-corrected chi connectivity index (χ4v) is 6.34. The average molecular weight is 352 g/mol. The zero-order chi connectivity index (χ0) is 18.3. The van der Waals surface area contributed by atoms with E-state index in [-0.39, 0.29) is 72.2 Å². The van der Waals surface area contributed by atoms with Gasteiger partial charge in [-0.25, -0.2) is 0 Å². The summed E-state index contributed by atoms with van der Waals surface area (Å²) in [5, 5.41) is 0. The number of amides is 4. The quantitative estimate of drug-likeness (QED) is 0.549. The Morgan fingerprint density at radius 2 is 1.04 bits per heavy atom. The number of nitrogens with zero attached hydrogens (tertiary/aromatic N) is 2. The largest absolute Gasteiger partial charge is 0.278 e. The van der Waals surface area contributed by atoms with Gasteiger partial charge in [-0.1, -0.05) is 24.3 Å². The van der Waals surface area contributed by atoms with Crippen molar-refractivity contribution in [1.29, 1.82) is 0 Å². The number of allylic oxidation sites excluding steroid dienone is 2. The molecule has 6 aliphatic rings. The van der Waals surface area contributed by atoms with Crippen LogP contribution in [-0.2, 0) is 19.2 Å². The minimum absolute atomic E-state index is 0.0112. The van der Waals surface area contributed by atoms with Gasteiger partial charge in [0.2, 0.25) is 23.6 Å². The minimum Gasteiger partial charge on any atom is -0.278 e. The van der Waals surface area contributed by atoms with E-state index < -0.39 is 11.8 Å². The lowest BCUT2D eigenvalue weighted by atomic mass is 9.40. The monoisotopic (exact) mass is 352 g/mol. The highest BCUT2D eigenvalue weighted by Gasteiger charge is 2.74. The molecule has 0 aromatic carbocycles. The molecule has 26 heavy (non-hydrogen) atoms. The van der Waals surface area contributed by atoms with Gasteiger partial charge in [0.1, 0.15) is 0 Å². The van der Waals surface area contributed by atoms with Gasteiger partial charge < -0.3 is 0 Å². The molecule has 2 saturated heterocycles. The third-order valence-electron chi connectivity index (χ3n) is 7.15. The van der Waals surface area contributed by atoms with Gasteiger partial charge in [0.25, 0.3) is 0 Å². The molecule has 0 N–H and O–H groups in total. The number of hydrogen-bond donors (Lipinski definition) is 0. The second-order valence-corrected chi connectivity index (χ2v) is 7.95. The maximum absolute atomic E-state index is 12.9. The van der Waals surface area contributed by atoms with E-state index in [1.54, 1.807) is 12.2 Å². The van der Waals surface area contributed by atoms with Crippen molar-refractivity contribution in [2.24, 2.45) is 47.3 Å². The Kier molecular flexibility index (Phi) is 3.04. The summed E-state index contributed by atoms with van der Waals surface area (Å²) in [6, 6.07) is 0. The summed E-state index contributed by atoms with van der Waals surface area (Å²) in [6.07, 6.45) is 7.15. The predicted octanol–water partition coefficient (Wildman–Crippen LogP) is 0.623. The first-order chi connectivity index (χ1) is 12.5. The van der Waals surface area contributed by atoms with Gasteiger partial charge in [-0.3, -0.25) is 29.0 Å². The molecule has 4 fully saturated rings. The Balaban J connectivity index is 1.53. The van der Waals surface area contributed by atoms with Crippen LogP contribution in [0.15, 0.2) is 37.5 Å². The molecule has 0 aromatic rings. The van der Waals surface area contributed by atoms with Crippen molar-refractivity contribution in [1.82, 2.24) is 9.80 Å². The van der Waals surface area contributed by atoms with Crippen LogP contribution < -0.4 is 0 Å². The fraction of sp³-hybridized carbons (Fsp3) is 0.500. The van der Waals surface area contributed by atoms with Gasteiger partial charge in [-0.2, -0.15) is 0 Å². The van der Waals surface area contributed by atoms with Gasteiger partial charge in [-0.05, 0) is 23.7 Å². The van der Waals surface area contributed by atoms with Gasteiger partial charge in [0.15, 0.2) is 0 Å². The molecule has 0 spiro atoms. The van der Waals surface area contributed by atoms with E-state index in [0.717, 1.165) is 0 Å². The van der Waals surface area contributed by atoms with Crippen LogP contribution in [0, 0.1) is 47.3 Å². The van der Waals surface area contributed by atoms with Gasteiger partial charge >= 0.3 is 0 Å². The maximum Gasteiger partial charge on any atom is 0.234 e. The van der Waals surface area contributed by atoms with Crippen LogP contribution in [0.2, 0.25) is 0 Å². The summed E-state index contributed by atoms with van der Waals surface area (Å²) < 4.78 is 0. The van der Waals surface area contributed by atoms with E-state index in [1.165, 1.54) is 9.80 Å². The van der Waals surface area contributed by atoms with E-state index in [1.807, 2.05) is 12.2 Å². The SMILES string of the molecule is C=CCN1C(=O)[C@@H]2[C@H]3C=C[C@H]([C@@H]2C1=O)[C@@H]1[C@@H]2C(=O)N(CC=C)C(=O)[C@@H]2[C@@H]31. The van der Waals surface area contributed by atoms with Crippen molar-refractivity contribution in [3.05, 3.63) is 37.5 Å². The minimum atomic E-state index is -0.393. The molecule has 0 unspecified atom stereocenters. The zero-order valence-electron chi connectivity index (χ0n) is 14.3. The number of carbonyl (C=O) groups is 4. The molecular formula is C20H20N2O4. The van der Waals surface area contributed by atoms with Crippen LogP contribution >= 0.6 is 0 Å². The third-order valence-corrected chi connectivity index (χ3v) is 7.15. The molecule has 2 saturated carbocycles. The van der Waals surface area contributed by atoms with Crippen LogP contribution in [0.4, 0.5) is 0 Å². The van der Waals surface area contributed by atoms with Gasteiger partial charge in [0.05, 0.1) is 23.7 Å². The number of likely N-dealkylation sites (tertiary alicyclic amines) is 2. The van der Waals surface area contributed by atoms with Crippen molar-refractivity contribution >= 4 is 23.6 Å². The lowest BCUT2D eigenvalue weighted by Crippen LogP contribution is -2.63. The predicted molar refractivity (Wildman–Crippen MR) is 90.9 cm³/mol. The molecule has 2 bridgehead atoms. The van der Waals surface area contributed by atoms with Crippen LogP contribution in [0.1, 0.15) is 0 Å². The lowest BCUT2D eigenvalue weighted by Gasteiger charge is -2.60. The van der Waals surface area contributed by atoms with E-state index in [4.69, 9.17) is 0 Å². The van der Waals surface area contributed by atoms with Crippen molar-refractivity contribution in [3.8, 4) is 0 Å². The highest BCUT2D eigenvalue weighted by Crippen LogP contribution is 2.68. The number of carbonyl (C=O) groups excluding carboxylic acids is 4. The fourth-order valence-electron chi connectivity index (χ4n) is 6.34. The first-order valence-electron chi connectivity index (χ1n) is 9.13. The molecule has 4 aliphatic carbocycles. The number of hydrogen-bond acceptors (Lipinski definition) is 4. The van der Waals surface area contributed by atoms with E-state index >= 15 is 0 Å². The molecule has 6 heteroatoms. The van der Waals surface area contributed by atoms with Crippen LogP contribution in [0.3, 0.4) is 0 Å². The molecule has 2 heterocycles. The first kappa shape index (κ1) is 15.7. The third kappa shape index (κ3) is 1.54. The summed E-state index contributed by atoms with van der Waals surface area (Å²) in [4.78, 5) is 53.8. The van der Waals surface area contributed by atoms with E-state index in [9.17, 15) is 19.2 Å². The second kappa shape index (κ2) is 5.02. The molecule has 0 aromatic heterocycles. The lowest BCUT2D eigenvalue weighted by molar-refractivity contribution is -0.166. The summed E-state index contributed by atoms with van der Waals surface area (Å²) in [7, 11) is 0. The molecule has 8 atom stereocenters. The van der Waals surface area contributed by atoms with Crippen LogP contribution in [-0.4, -0.2) is 46.5 Å². The van der Waals surface area contributed by atoms with E-state index in [0.29, 0.717) is 0 Å². The Morgan fingerprint density at radius 3 is 1.38 bits per heavy atom. The summed E-state index contributed by atoms with van der Waals surface area (Å²) in [6.45, 7) is 7.71. The van der Waals surface area contributed by atoms with E-state index in [2.05, 4.69) is 13.2 Å². The molecule has 0 radical (unpaired) electrons. The Bertz CT molecular complexity index is 759. The first-order valence-corrected chi connectivity index (χ1v) is 9.13. The van der Waals surface area contributed by atoms with Gasteiger partial charge in [0, 0.05) is 13.1 Å². The molecule has 4 amide bonds. The smallest absolute Gasteiger partial charge is 0.234 e. The standard InChI is InChI=1S/C20H20N2O4/c1-3-7-21-17(23)13-9-5-6-10(14(13)18(21)24)12-11(9)15-16(12)20(26)22(8-4-2)19(15)25/h3-6,9-16H,1-2,7-8H2/t9-,10-,11-,12-,13-,14+,15-,16+/m0/s1. The van der Waals surface area contributed by atoms with Crippen molar-refractivity contribution < 1.29 is 19.2 Å². The molecule has 6 nitrogen and oxygen atoms in total. The second-order valence-electron chi connectivity index (χ2n) is 7.95. The van der Waals surface area contributed by atoms with Crippen molar-refractivity contribution in [2.45, 2.75) is 0 Å². The Morgan fingerprint density at radius 1 is 0.692 bits per heavy atom. The van der Waals surface area contributed by atoms with Crippen LogP contribution in [0.5, 0.6) is 0 Å². The van der Waals surface area contributed by atoms with Crippen molar-refractivity contribution in [3.63, 3.8) is 0 Å². The van der Waals surface area contributed by atoms with Crippen molar-refractivity contribution in [2.75, 3.05) is 13.1 Å². The topological polar surface area (TPSA) is 74.8 Å².